The van der Waals surface area contributed by atoms with Crippen molar-refractivity contribution in [2.45, 2.75) is 0 Å². The second-order valence-electron chi connectivity index (χ2n) is 7.16. The molecule has 0 unspecified atom stereocenters. The molecule has 0 amide bonds. The van der Waals surface area contributed by atoms with Crippen LogP contribution in [-0.2, 0) is 0 Å². The van der Waals surface area contributed by atoms with Gasteiger partial charge in [-0.1, -0.05) is 55.1 Å². The number of hydrogen-bond acceptors (Lipinski definition) is 3. The Bertz CT molecular complexity index is 1360. The highest BCUT2D eigenvalue weighted by atomic mass is 16.5. The molecule has 0 spiro atoms. The SMILES string of the molecule is C=C/C=C\C=C1/CN2c3ccccc3Oc3cc4[nH]c5ccccc5c4c(c32)O1. The predicted molar refractivity (Wildman–Crippen MR) is 117 cm³/mol. The number of nitrogens with zero attached hydrogens (tertiary/aromatic N) is 1. The number of para-hydroxylation sites is 3. The summed E-state index contributed by atoms with van der Waals surface area (Å²) in [5, 5.41) is 2.22. The molecular formula is C25H18N2O2. The standard InChI is InChI=1S/C25H18N2O2/c1-2-3-4-9-16-15-27-20-12-7-8-13-21(20)29-22-14-19-23(25(28-16)24(22)27)17-10-5-6-11-18(17)26-19/h2-14,26H,1,15H2/b4-3-,16-9+. The Morgan fingerprint density at radius 3 is 2.72 bits per heavy atom. The van der Waals surface area contributed by atoms with Gasteiger partial charge in [0.15, 0.2) is 17.2 Å². The van der Waals surface area contributed by atoms with Gasteiger partial charge in [-0.25, -0.2) is 0 Å². The van der Waals surface area contributed by atoms with Crippen LogP contribution in [-0.4, -0.2) is 11.5 Å². The molecule has 4 heteroatoms. The van der Waals surface area contributed by atoms with Gasteiger partial charge in [0.05, 0.1) is 23.1 Å². The van der Waals surface area contributed by atoms with Crippen molar-refractivity contribution in [2.24, 2.45) is 0 Å². The topological polar surface area (TPSA) is 37.5 Å². The highest BCUT2D eigenvalue weighted by Gasteiger charge is 2.34. The van der Waals surface area contributed by atoms with Crippen LogP contribution in [0.3, 0.4) is 0 Å². The summed E-state index contributed by atoms with van der Waals surface area (Å²) in [5.41, 5.74) is 4.10. The fraction of sp³-hybridized carbons (Fsp3) is 0.0400. The Labute approximate surface area is 168 Å². The van der Waals surface area contributed by atoms with Gasteiger partial charge in [-0.15, -0.1) is 0 Å². The summed E-state index contributed by atoms with van der Waals surface area (Å²) in [6.45, 7) is 4.38. The molecule has 4 nitrogen and oxygen atoms in total. The van der Waals surface area contributed by atoms with Crippen molar-refractivity contribution in [1.82, 2.24) is 4.98 Å². The molecule has 3 heterocycles. The van der Waals surface area contributed by atoms with Gasteiger partial charge in [0.2, 0.25) is 0 Å². The Balaban J connectivity index is 1.68. The van der Waals surface area contributed by atoms with Crippen molar-refractivity contribution in [3.05, 3.63) is 91.2 Å². The molecule has 6 rings (SSSR count). The second-order valence-corrected chi connectivity index (χ2v) is 7.16. The highest BCUT2D eigenvalue weighted by Crippen LogP contribution is 2.56. The van der Waals surface area contributed by atoms with E-state index in [2.05, 4.69) is 46.8 Å². The Morgan fingerprint density at radius 2 is 1.79 bits per heavy atom. The number of aromatic amines is 1. The molecule has 0 aliphatic carbocycles. The largest absolute Gasteiger partial charge is 0.457 e. The van der Waals surface area contributed by atoms with Gasteiger partial charge in [0.1, 0.15) is 11.4 Å². The normalized spacial score (nSPS) is 16.0. The summed E-state index contributed by atoms with van der Waals surface area (Å²) >= 11 is 0. The lowest BCUT2D eigenvalue weighted by Gasteiger charge is -2.38. The van der Waals surface area contributed by atoms with Gasteiger partial charge >= 0.3 is 0 Å². The Hall–Kier alpha value is -3.92. The fourth-order valence-electron chi connectivity index (χ4n) is 4.20. The number of H-pyrrole nitrogens is 1. The van der Waals surface area contributed by atoms with Crippen LogP contribution < -0.4 is 14.4 Å². The zero-order valence-corrected chi connectivity index (χ0v) is 15.7. The van der Waals surface area contributed by atoms with Gasteiger partial charge in [-0.2, -0.15) is 0 Å². The number of rotatable bonds is 2. The van der Waals surface area contributed by atoms with E-state index in [4.69, 9.17) is 9.47 Å². The van der Waals surface area contributed by atoms with Gasteiger partial charge in [-0.05, 0) is 24.3 Å². The van der Waals surface area contributed by atoms with Crippen LogP contribution >= 0.6 is 0 Å². The van der Waals surface area contributed by atoms with Crippen molar-refractivity contribution in [3.63, 3.8) is 0 Å². The average molecular weight is 378 g/mol. The van der Waals surface area contributed by atoms with Crippen LogP contribution in [0.5, 0.6) is 17.2 Å². The molecule has 2 aliphatic heterocycles. The first-order valence-electron chi connectivity index (χ1n) is 9.61. The summed E-state index contributed by atoms with van der Waals surface area (Å²) in [5.74, 6) is 3.35. The first kappa shape index (κ1) is 16.1. The minimum atomic E-state index is 0.635. The molecule has 0 fully saturated rings. The van der Waals surface area contributed by atoms with E-state index in [1.165, 1.54) is 0 Å². The van der Waals surface area contributed by atoms with E-state index in [9.17, 15) is 0 Å². The molecule has 0 saturated carbocycles. The summed E-state index contributed by atoms with van der Waals surface area (Å²) in [4.78, 5) is 5.79. The van der Waals surface area contributed by atoms with E-state index < -0.39 is 0 Å². The minimum Gasteiger partial charge on any atom is -0.457 e. The molecule has 3 aromatic carbocycles. The number of aromatic nitrogens is 1. The Morgan fingerprint density at radius 1 is 0.931 bits per heavy atom. The van der Waals surface area contributed by atoms with Crippen molar-refractivity contribution in [1.29, 1.82) is 0 Å². The molecule has 0 saturated heterocycles. The zero-order valence-electron chi connectivity index (χ0n) is 15.7. The van der Waals surface area contributed by atoms with Crippen molar-refractivity contribution < 1.29 is 9.47 Å². The first-order chi connectivity index (χ1) is 14.3. The lowest BCUT2D eigenvalue weighted by atomic mass is 10.0. The van der Waals surface area contributed by atoms with Crippen molar-refractivity contribution in [3.8, 4) is 17.2 Å². The quantitative estimate of drug-likeness (QED) is 0.400. The second kappa shape index (κ2) is 6.04. The minimum absolute atomic E-state index is 0.635. The molecule has 2 aliphatic rings. The molecule has 29 heavy (non-hydrogen) atoms. The lowest BCUT2D eigenvalue weighted by molar-refractivity contribution is 0.393. The molecule has 0 radical (unpaired) electrons. The lowest BCUT2D eigenvalue weighted by Crippen LogP contribution is -2.29. The van der Waals surface area contributed by atoms with E-state index in [0.717, 1.165) is 56.2 Å². The van der Waals surface area contributed by atoms with Gasteiger partial charge in [-0.3, -0.25) is 0 Å². The monoisotopic (exact) mass is 378 g/mol. The number of ether oxygens (including phenoxy) is 2. The van der Waals surface area contributed by atoms with E-state index in [1.54, 1.807) is 6.08 Å². The van der Waals surface area contributed by atoms with Crippen LogP contribution in [0.15, 0.2) is 91.2 Å². The molecule has 1 aromatic heterocycles. The van der Waals surface area contributed by atoms with Crippen LogP contribution in [0.2, 0.25) is 0 Å². The number of hydrogen-bond donors (Lipinski definition) is 1. The number of fused-ring (bicyclic) bond motifs is 6. The number of anilines is 2. The Kier molecular flexibility index (Phi) is 3.35. The first-order valence-corrected chi connectivity index (χ1v) is 9.61. The maximum absolute atomic E-state index is 6.45. The van der Waals surface area contributed by atoms with E-state index in [0.29, 0.717) is 6.54 Å². The molecule has 1 N–H and O–H groups in total. The fourth-order valence-corrected chi connectivity index (χ4v) is 4.20. The molecular weight excluding hydrogens is 360 g/mol. The third-order valence-corrected chi connectivity index (χ3v) is 5.41. The summed E-state index contributed by atoms with van der Waals surface area (Å²) in [7, 11) is 0. The molecule has 140 valence electrons. The van der Waals surface area contributed by atoms with Gasteiger partial charge in [0, 0.05) is 17.0 Å². The third-order valence-electron chi connectivity index (χ3n) is 5.41. The van der Waals surface area contributed by atoms with E-state index >= 15 is 0 Å². The summed E-state index contributed by atoms with van der Waals surface area (Å²) in [6.07, 6.45) is 7.61. The van der Waals surface area contributed by atoms with Gasteiger partial charge < -0.3 is 19.4 Å². The van der Waals surface area contributed by atoms with Crippen LogP contribution in [0, 0.1) is 0 Å². The summed E-state index contributed by atoms with van der Waals surface area (Å²) in [6, 6.07) is 18.5. The van der Waals surface area contributed by atoms with E-state index in [1.807, 2.05) is 42.5 Å². The van der Waals surface area contributed by atoms with Crippen LogP contribution in [0.1, 0.15) is 0 Å². The molecule has 0 bridgehead atoms. The molecule has 0 atom stereocenters. The smallest absolute Gasteiger partial charge is 0.164 e. The van der Waals surface area contributed by atoms with Crippen LogP contribution in [0.25, 0.3) is 21.8 Å². The third kappa shape index (κ3) is 2.32. The van der Waals surface area contributed by atoms with Crippen molar-refractivity contribution in [2.75, 3.05) is 11.4 Å². The summed E-state index contributed by atoms with van der Waals surface area (Å²) < 4.78 is 12.7. The maximum atomic E-state index is 6.45. The number of allylic oxidation sites excluding steroid dienone is 4. The predicted octanol–water partition coefficient (Wildman–Crippen LogP) is 6.58. The average Bonchev–Trinajstić information content (AvgIpc) is 3.12. The van der Waals surface area contributed by atoms with Crippen LogP contribution in [0.4, 0.5) is 11.4 Å². The van der Waals surface area contributed by atoms with E-state index in [-0.39, 0.29) is 0 Å². The zero-order chi connectivity index (χ0) is 19.4. The maximum Gasteiger partial charge on any atom is 0.164 e. The number of benzene rings is 3. The number of nitrogens with one attached hydrogen (secondary N) is 1. The van der Waals surface area contributed by atoms with Gasteiger partial charge in [0.25, 0.3) is 0 Å². The molecule has 4 aromatic rings. The highest BCUT2D eigenvalue weighted by molar-refractivity contribution is 6.14. The van der Waals surface area contributed by atoms with Crippen molar-refractivity contribution >= 4 is 33.2 Å².